The van der Waals surface area contributed by atoms with Crippen LogP contribution in [0.25, 0.3) is 0 Å². The van der Waals surface area contributed by atoms with Crippen molar-refractivity contribution in [2.24, 2.45) is 0 Å². The van der Waals surface area contributed by atoms with E-state index in [9.17, 15) is 4.79 Å². The second-order valence-electron chi connectivity index (χ2n) is 6.48. The maximum atomic E-state index is 12.6. The van der Waals surface area contributed by atoms with Crippen molar-refractivity contribution >= 4 is 5.91 Å². The van der Waals surface area contributed by atoms with E-state index in [1.54, 1.807) is 0 Å². The summed E-state index contributed by atoms with van der Waals surface area (Å²) in [4.78, 5) is 12.6. The van der Waals surface area contributed by atoms with Crippen LogP contribution in [0.5, 0.6) is 0 Å². The fourth-order valence-corrected chi connectivity index (χ4v) is 3.06. The molecular formula is C21H27NO3. The zero-order chi connectivity index (χ0) is 18.4. The van der Waals surface area contributed by atoms with E-state index in [4.69, 9.17) is 9.84 Å². The lowest BCUT2D eigenvalue weighted by molar-refractivity contribution is 0.0277. The number of rotatable bonds is 7. The van der Waals surface area contributed by atoms with E-state index in [2.05, 4.69) is 5.32 Å². The van der Waals surface area contributed by atoms with Crippen molar-refractivity contribution in [3.05, 3.63) is 69.8 Å². The Morgan fingerprint density at radius 3 is 2.20 bits per heavy atom. The first-order valence-electron chi connectivity index (χ1n) is 8.57. The molecule has 134 valence electrons. The molecule has 0 aliphatic rings. The molecule has 2 aromatic carbocycles. The predicted octanol–water partition coefficient (Wildman–Crippen LogP) is 3.40. The first-order valence-corrected chi connectivity index (χ1v) is 8.57. The highest BCUT2D eigenvalue weighted by Gasteiger charge is 2.17. The van der Waals surface area contributed by atoms with Crippen LogP contribution in [0.3, 0.4) is 0 Å². The van der Waals surface area contributed by atoms with Crippen LogP contribution in [-0.2, 0) is 4.74 Å². The van der Waals surface area contributed by atoms with Crippen molar-refractivity contribution in [1.82, 2.24) is 5.32 Å². The van der Waals surface area contributed by atoms with Crippen molar-refractivity contribution in [2.45, 2.75) is 33.8 Å². The largest absolute Gasteiger partial charge is 0.394 e. The third-order valence-corrected chi connectivity index (χ3v) is 4.21. The zero-order valence-corrected chi connectivity index (χ0v) is 15.4. The van der Waals surface area contributed by atoms with Crippen molar-refractivity contribution in [2.75, 3.05) is 19.8 Å². The molecule has 0 fully saturated rings. The second kappa shape index (κ2) is 8.79. The van der Waals surface area contributed by atoms with Gasteiger partial charge in [0.15, 0.2) is 0 Å². The number of amides is 1. The van der Waals surface area contributed by atoms with Crippen molar-refractivity contribution in [3.63, 3.8) is 0 Å². The first kappa shape index (κ1) is 19.2. The smallest absolute Gasteiger partial charge is 0.251 e. The van der Waals surface area contributed by atoms with Crippen LogP contribution >= 0.6 is 0 Å². The lowest BCUT2D eigenvalue weighted by Crippen LogP contribution is -2.31. The van der Waals surface area contributed by atoms with Crippen molar-refractivity contribution in [1.29, 1.82) is 0 Å². The molecule has 2 N–H and O–H groups in total. The molecule has 0 bridgehead atoms. The molecule has 0 spiro atoms. The van der Waals surface area contributed by atoms with Crippen LogP contribution in [0.1, 0.15) is 44.3 Å². The van der Waals surface area contributed by atoms with Gasteiger partial charge in [-0.3, -0.25) is 4.79 Å². The first-order chi connectivity index (χ1) is 11.9. The van der Waals surface area contributed by atoms with Gasteiger partial charge in [-0.05, 0) is 44.4 Å². The minimum absolute atomic E-state index is 0.0491. The van der Waals surface area contributed by atoms with E-state index >= 15 is 0 Å². The summed E-state index contributed by atoms with van der Waals surface area (Å²) < 4.78 is 5.72. The lowest BCUT2D eigenvalue weighted by atomic mass is 9.99. The van der Waals surface area contributed by atoms with Crippen LogP contribution < -0.4 is 5.32 Å². The molecule has 0 radical (unpaired) electrons. The molecule has 4 heteroatoms. The highest BCUT2D eigenvalue weighted by molar-refractivity contribution is 5.97. The van der Waals surface area contributed by atoms with Crippen LogP contribution in [-0.4, -0.2) is 30.8 Å². The minimum atomic E-state index is -0.289. The number of hydrogen-bond acceptors (Lipinski definition) is 3. The topological polar surface area (TPSA) is 58.6 Å². The number of carbonyl (C=O) groups excluding carboxylic acids is 1. The van der Waals surface area contributed by atoms with Crippen LogP contribution in [0.15, 0.2) is 36.4 Å². The number of benzene rings is 2. The summed E-state index contributed by atoms with van der Waals surface area (Å²) in [7, 11) is 0. The Labute approximate surface area is 149 Å². The lowest BCUT2D eigenvalue weighted by Gasteiger charge is -2.20. The SMILES string of the molecule is Cc1ccc([C@H](CNC(=O)c2c(C)cc(C)cc2C)OCCO)cc1. The van der Waals surface area contributed by atoms with Gasteiger partial charge in [-0.1, -0.05) is 47.5 Å². The van der Waals surface area contributed by atoms with E-state index in [1.165, 1.54) is 5.56 Å². The van der Waals surface area contributed by atoms with Gasteiger partial charge in [0.1, 0.15) is 0 Å². The number of hydrogen-bond donors (Lipinski definition) is 2. The molecule has 0 unspecified atom stereocenters. The van der Waals surface area contributed by atoms with Gasteiger partial charge in [0.2, 0.25) is 0 Å². The summed E-state index contributed by atoms with van der Waals surface area (Å²) in [5, 5.41) is 12.0. The maximum Gasteiger partial charge on any atom is 0.251 e. The fraction of sp³-hybridized carbons (Fsp3) is 0.381. The Hall–Kier alpha value is -2.17. The van der Waals surface area contributed by atoms with Gasteiger partial charge in [-0.2, -0.15) is 0 Å². The molecule has 1 atom stereocenters. The van der Waals surface area contributed by atoms with Gasteiger partial charge in [-0.25, -0.2) is 0 Å². The third-order valence-electron chi connectivity index (χ3n) is 4.21. The third kappa shape index (κ3) is 5.15. The summed E-state index contributed by atoms with van der Waals surface area (Å²) in [6, 6.07) is 12.0. The summed E-state index contributed by atoms with van der Waals surface area (Å²) in [6.45, 7) is 8.50. The molecule has 0 aliphatic carbocycles. The summed E-state index contributed by atoms with van der Waals surface area (Å²) in [5.74, 6) is -0.0975. The molecule has 0 saturated heterocycles. The monoisotopic (exact) mass is 341 g/mol. The summed E-state index contributed by atoms with van der Waals surface area (Å²) in [5.41, 5.74) is 5.96. The van der Waals surface area contributed by atoms with Crippen LogP contribution in [0.2, 0.25) is 0 Å². The van der Waals surface area contributed by atoms with Gasteiger partial charge in [0.25, 0.3) is 5.91 Å². The standard InChI is InChI=1S/C21H27NO3/c1-14-5-7-18(8-6-14)19(25-10-9-23)13-22-21(24)20-16(3)11-15(2)12-17(20)4/h5-8,11-12,19,23H,9-10,13H2,1-4H3,(H,22,24)/t19-/m0/s1. The number of ether oxygens (including phenoxy) is 1. The fourth-order valence-electron chi connectivity index (χ4n) is 3.06. The van der Waals surface area contributed by atoms with Gasteiger partial charge < -0.3 is 15.2 Å². The molecule has 2 rings (SSSR count). The Kier molecular flexibility index (Phi) is 6.73. The molecule has 0 aromatic heterocycles. The Morgan fingerprint density at radius 2 is 1.64 bits per heavy atom. The number of aliphatic hydroxyl groups excluding tert-OH is 1. The molecule has 2 aromatic rings. The predicted molar refractivity (Wildman–Crippen MR) is 99.9 cm³/mol. The van der Waals surface area contributed by atoms with E-state index in [0.717, 1.165) is 27.8 Å². The number of nitrogens with one attached hydrogen (secondary N) is 1. The summed E-state index contributed by atoms with van der Waals surface area (Å²) >= 11 is 0. The minimum Gasteiger partial charge on any atom is -0.394 e. The molecule has 25 heavy (non-hydrogen) atoms. The van der Waals surface area contributed by atoms with E-state index in [1.807, 2.05) is 64.1 Å². The highest BCUT2D eigenvalue weighted by atomic mass is 16.5. The Morgan fingerprint density at radius 1 is 1.04 bits per heavy atom. The quantitative estimate of drug-likeness (QED) is 0.811. The highest BCUT2D eigenvalue weighted by Crippen LogP contribution is 2.19. The van der Waals surface area contributed by atoms with Gasteiger partial charge >= 0.3 is 0 Å². The molecular weight excluding hydrogens is 314 g/mol. The normalized spacial score (nSPS) is 12.0. The van der Waals surface area contributed by atoms with Gasteiger partial charge in [0.05, 0.1) is 19.3 Å². The van der Waals surface area contributed by atoms with E-state index in [-0.39, 0.29) is 25.2 Å². The molecule has 1 amide bonds. The average Bonchev–Trinajstić information content (AvgIpc) is 2.55. The Balaban J connectivity index is 2.12. The van der Waals surface area contributed by atoms with Crippen LogP contribution in [0.4, 0.5) is 0 Å². The molecule has 0 aliphatic heterocycles. The molecule has 0 saturated carbocycles. The number of carbonyl (C=O) groups is 1. The Bertz CT molecular complexity index is 699. The van der Waals surface area contributed by atoms with Gasteiger partial charge in [-0.15, -0.1) is 0 Å². The van der Waals surface area contributed by atoms with E-state index in [0.29, 0.717) is 6.54 Å². The number of aliphatic hydroxyl groups is 1. The van der Waals surface area contributed by atoms with Crippen molar-refractivity contribution < 1.29 is 14.6 Å². The molecule has 0 heterocycles. The zero-order valence-electron chi connectivity index (χ0n) is 15.4. The number of aryl methyl sites for hydroxylation is 4. The van der Waals surface area contributed by atoms with Crippen molar-refractivity contribution in [3.8, 4) is 0 Å². The summed E-state index contributed by atoms with van der Waals surface area (Å²) in [6.07, 6.45) is -0.289. The van der Waals surface area contributed by atoms with E-state index < -0.39 is 0 Å². The van der Waals surface area contributed by atoms with Crippen LogP contribution in [0, 0.1) is 27.7 Å². The average molecular weight is 341 g/mol. The second-order valence-corrected chi connectivity index (χ2v) is 6.48. The molecule has 4 nitrogen and oxygen atoms in total. The maximum absolute atomic E-state index is 12.6. The van der Waals surface area contributed by atoms with Gasteiger partial charge in [0, 0.05) is 12.1 Å².